The van der Waals surface area contributed by atoms with E-state index in [0.29, 0.717) is 39.1 Å². The Morgan fingerprint density at radius 2 is 1.84 bits per heavy atom. The molecule has 0 saturated heterocycles. The van der Waals surface area contributed by atoms with Gasteiger partial charge < -0.3 is 10.3 Å². The van der Waals surface area contributed by atoms with Crippen LogP contribution < -0.4 is 10.0 Å². The first-order valence-electron chi connectivity index (χ1n) is 13.0. The highest BCUT2D eigenvalue weighted by Gasteiger charge is 2.22. The Morgan fingerprint density at radius 3 is 2.63 bits per heavy atom. The molecule has 0 spiro atoms. The zero-order valence-electron chi connectivity index (χ0n) is 22.7. The molecule has 43 heavy (non-hydrogen) atoms. The highest BCUT2D eigenvalue weighted by atomic mass is 32.2. The molecular formula is C28H23F2N9O3S. The van der Waals surface area contributed by atoms with Crippen LogP contribution in [0.1, 0.15) is 18.9 Å². The molecule has 12 nitrogen and oxygen atoms in total. The lowest BCUT2D eigenvalue weighted by molar-refractivity contribution is -0.115. The molecule has 4 N–H and O–H groups in total. The minimum atomic E-state index is -3.49. The molecule has 0 unspecified atom stereocenters. The monoisotopic (exact) mass is 603 g/mol. The minimum absolute atomic E-state index is 0.0704. The van der Waals surface area contributed by atoms with Crippen molar-refractivity contribution in [1.82, 2.24) is 39.8 Å². The van der Waals surface area contributed by atoms with Gasteiger partial charge in [0.15, 0.2) is 17.1 Å². The van der Waals surface area contributed by atoms with Gasteiger partial charge >= 0.3 is 0 Å². The molecule has 0 aliphatic heterocycles. The van der Waals surface area contributed by atoms with E-state index in [1.54, 1.807) is 25.1 Å². The SMILES string of the molecule is CCC(=O)Nc1cncc(-c2cnc3[nH]nc(-c4nc5c(-c6cc(F)cc(CNS(C)(=O)=O)c6)ccnc5[nH]4)c3c2F)c1. The second-order valence-corrected chi connectivity index (χ2v) is 11.6. The second kappa shape index (κ2) is 10.9. The van der Waals surface area contributed by atoms with Crippen molar-refractivity contribution in [2.75, 3.05) is 11.6 Å². The first-order chi connectivity index (χ1) is 20.6. The van der Waals surface area contributed by atoms with E-state index in [2.05, 4.69) is 45.2 Å². The average molecular weight is 604 g/mol. The Balaban J connectivity index is 1.42. The molecule has 6 rings (SSSR count). The van der Waals surface area contributed by atoms with E-state index in [-0.39, 0.29) is 47.0 Å². The van der Waals surface area contributed by atoms with Gasteiger partial charge in [-0.25, -0.2) is 36.9 Å². The molecular weight excluding hydrogens is 580 g/mol. The number of rotatable bonds is 8. The van der Waals surface area contributed by atoms with Crippen LogP contribution in [0.5, 0.6) is 0 Å². The predicted molar refractivity (Wildman–Crippen MR) is 156 cm³/mol. The third-order valence-electron chi connectivity index (χ3n) is 6.60. The van der Waals surface area contributed by atoms with Gasteiger partial charge in [-0.15, -0.1) is 0 Å². The van der Waals surface area contributed by atoms with Crippen molar-refractivity contribution in [1.29, 1.82) is 0 Å². The summed E-state index contributed by atoms with van der Waals surface area (Å²) in [6, 6.07) is 7.44. The number of benzene rings is 1. The number of sulfonamides is 1. The number of carbonyl (C=O) groups excluding carboxylic acids is 1. The van der Waals surface area contributed by atoms with Crippen LogP contribution in [-0.4, -0.2) is 55.7 Å². The third kappa shape index (κ3) is 5.67. The van der Waals surface area contributed by atoms with Crippen LogP contribution in [0.2, 0.25) is 0 Å². The molecule has 6 aromatic rings. The Bertz CT molecular complexity index is 2140. The van der Waals surface area contributed by atoms with E-state index in [0.717, 1.165) is 6.26 Å². The van der Waals surface area contributed by atoms with Gasteiger partial charge in [-0.05, 0) is 41.5 Å². The molecule has 15 heteroatoms. The first-order valence-corrected chi connectivity index (χ1v) is 14.9. The first kappa shape index (κ1) is 28.0. The fourth-order valence-corrected chi connectivity index (χ4v) is 5.04. The van der Waals surface area contributed by atoms with Gasteiger partial charge in [0, 0.05) is 48.2 Å². The number of halogens is 2. The highest BCUT2D eigenvalue weighted by Crippen LogP contribution is 2.35. The number of hydrogen-bond donors (Lipinski definition) is 4. The Kier molecular flexibility index (Phi) is 7.11. The molecule has 218 valence electrons. The largest absolute Gasteiger partial charge is 0.325 e. The van der Waals surface area contributed by atoms with Gasteiger partial charge in [0.1, 0.15) is 22.8 Å². The van der Waals surface area contributed by atoms with E-state index in [1.165, 1.54) is 36.9 Å². The van der Waals surface area contributed by atoms with Crippen molar-refractivity contribution >= 4 is 43.8 Å². The summed E-state index contributed by atoms with van der Waals surface area (Å²) in [6.07, 6.45) is 7.08. The van der Waals surface area contributed by atoms with Crippen molar-refractivity contribution in [2.45, 2.75) is 19.9 Å². The lowest BCUT2D eigenvalue weighted by Gasteiger charge is -2.08. The number of pyridine rings is 3. The number of imidazole rings is 1. The minimum Gasteiger partial charge on any atom is -0.325 e. The maximum absolute atomic E-state index is 16.1. The van der Waals surface area contributed by atoms with Gasteiger partial charge in [-0.1, -0.05) is 6.92 Å². The topological polar surface area (TPSA) is 171 Å². The van der Waals surface area contributed by atoms with Crippen LogP contribution >= 0.6 is 0 Å². The zero-order chi connectivity index (χ0) is 30.3. The number of amides is 1. The molecule has 0 fully saturated rings. The van der Waals surface area contributed by atoms with E-state index >= 15 is 4.39 Å². The van der Waals surface area contributed by atoms with Crippen LogP contribution in [0.15, 0.2) is 55.1 Å². The number of carbonyl (C=O) groups is 1. The number of hydrogen-bond acceptors (Lipinski definition) is 8. The fourth-order valence-electron chi connectivity index (χ4n) is 4.61. The van der Waals surface area contributed by atoms with Crippen LogP contribution in [-0.2, 0) is 21.4 Å². The molecule has 0 bridgehead atoms. The lowest BCUT2D eigenvalue weighted by atomic mass is 10.0. The number of nitrogens with zero attached hydrogens (tertiary/aromatic N) is 5. The average Bonchev–Trinajstić information content (AvgIpc) is 3.60. The number of aromatic amines is 2. The summed E-state index contributed by atoms with van der Waals surface area (Å²) in [7, 11) is -3.49. The Labute approximate surface area is 243 Å². The van der Waals surface area contributed by atoms with E-state index < -0.39 is 21.7 Å². The van der Waals surface area contributed by atoms with Gasteiger partial charge in [0.05, 0.1) is 23.5 Å². The highest BCUT2D eigenvalue weighted by molar-refractivity contribution is 7.88. The van der Waals surface area contributed by atoms with Gasteiger partial charge in [0.2, 0.25) is 15.9 Å². The number of fused-ring (bicyclic) bond motifs is 2. The standard InChI is InChI=1S/C28H23F2N9O3S/c1-3-21(40)35-18-9-16(11-31-12-18)20-13-33-26-22(23(20)30)25(38-39-26)28-36-24-19(4-5-32-27(24)37-28)15-6-14(7-17(29)8-15)10-34-43(2,41)42/h4-9,11-13,34H,3,10H2,1-2H3,(H,35,40)(H,32,36,37)(H,33,38,39). The van der Waals surface area contributed by atoms with Crippen LogP contribution in [0.25, 0.3) is 56.0 Å². The second-order valence-electron chi connectivity index (χ2n) is 9.73. The summed E-state index contributed by atoms with van der Waals surface area (Å²) < 4.78 is 56.0. The maximum atomic E-state index is 16.1. The molecule has 0 aliphatic carbocycles. The Hall–Kier alpha value is -5.15. The normalized spacial score (nSPS) is 11.8. The molecule has 0 saturated carbocycles. The zero-order valence-corrected chi connectivity index (χ0v) is 23.6. The Morgan fingerprint density at radius 1 is 1.00 bits per heavy atom. The van der Waals surface area contributed by atoms with Crippen molar-refractivity contribution in [3.05, 3.63) is 72.3 Å². The number of anilines is 1. The molecule has 0 atom stereocenters. The lowest BCUT2D eigenvalue weighted by Crippen LogP contribution is -2.21. The van der Waals surface area contributed by atoms with Gasteiger partial charge in [0.25, 0.3) is 0 Å². The fraction of sp³-hybridized carbons (Fsp3) is 0.143. The van der Waals surface area contributed by atoms with Gasteiger partial charge in [-0.2, -0.15) is 5.10 Å². The molecule has 0 radical (unpaired) electrons. The number of aromatic nitrogens is 7. The molecule has 0 aliphatic rings. The van der Waals surface area contributed by atoms with Crippen molar-refractivity contribution in [3.63, 3.8) is 0 Å². The molecule has 1 amide bonds. The number of nitrogens with one attached hydrogen (secondary N) is 4. The third-order valence-corrected chi connectivity index (χ3v) is 7.26. The van der Waals surface area contributed by atoms with Crippen molar-refractivity contribution in [3.8, 4) is 33.8 Å². The summed E-state index contributed by atoms with van der Waals surface area (Å²) in [5.41, 5.74) is 3.37. The summed E-state index contributed by atoms with van der Waals surface area (Å²) in [6.45, 7) is 1.62. The number of H-pyrrole nitrogens is 2. The van der Waals surface area contributed by atoms with E-state index in [9.17, 15) is 17.6 Å². The summed E-state index contributed by atoms with van der Waals surface area (Å²) in [5, 5.41) is 9.76. The molecule has 5 aromatic heterocycles. The van der Waals surface area contributed by atoms with Gasteiger partial charge in [-0.3, -0.25) is 14.9 Å². The summed E-state index contributed by atoms with van der Waals surface area (Å²) in [4.78, 5) is 32.3. The predicted octanol–water partition coefficient (Wildman–Crippen LogP) is 4.30. The maximum Gasteiger partial charge on any atom is 0.224 e. The summed E-state index contributed by atoms with van der Waals surface area (Å²) >= 11 is 0. The smallest absolute Gasteiger partial charge is 0.224 e. The molecule has 1 aromatic carbocycles. The van der Waals surface area contributed by atoms with Crippen LogP contribution in [0, 0.1) is 11.6 Å². The quantitative estimate of drug-likeness (QED) is 0.199. The summed E-state index contributed by atoms with van der Waals surface area (Å²) in [5.74, 6) is -1.20. The van der Waals surface area contributed by atoms with E-state index in [4.69, 9.17) is 0 Å². The van der Waals surface area contributed by atoms with E-state index in [1.807, 2.05) is 0 Å². The molecule has 5 heterocycles. The van der Waals surface area contributed by atoms with Crippen LogP contribution in [0.3, 0.4) is 0 Å². The van der Waals surface area contributed by atoms with Crippen molar-refractivity contribution in [2.24, 2.45) is 0 Å². The van der Waals surface area contributed by atoms with Crippen molar-refractivity contribution < 1.29 is 22.0 Å². The van der Waals surface area contributed by atoms with Crippen LogP contribution in [0.4, 0.5) is 14.5 Å².